The van der Waals surface area contributed by atoms with Crippen LogP contribution in [0.15, 0.2) is 38.9 Å². The molecule has 0 radical (unpaired) electrons. The first-order valence-electron chi connectivity index (χ1n) is 5.08. The van der Waals surface area contributed by atoms with Gasteiger partial charge in [-0.25, -0.2) is 0 Å². The second kappa shape index (κ2) is 5.01. The van der Waals surface area contributed by atoms with E-state index >= 15 is 0 Å². The summed E-state index contributed by atoms with van der Waals surface area (Å²) in [6.45, 7) is 0. The maximum Gasteiger partial charge on any atom is 0.268 e. The number of methoxy groups -OCH3 is 1. The molecule has 5 N–H and O–H groups in total. The lowest BCUT2D eigenvalue weighted by Gasteiger charge is -2.08. The number of rotatable bonds is 3. The molecule has 0 saturated heterocycles. The van der Waals surface area contributed by atoms with Crippen molar-refractivity contribution in [1.29, 1.82) is 0 Å². The molecule has 0 spiro atoms. The Balaban J connectivity index is 2.43. The van der Waals surface area contributed by atoms with Gasteiger partial charge in [-0.15, -0.1) is 0 Å². The molecule has 1 aromatic carbocycles. The molecule has 94 valence electrons. The summed E-state index contributed by atoms with van der Waals surface area (Å²) in [6, 6.07) is 7.33. The third kappa shape index (κ3) is 2.40. The van der Waals surface area contributed by atoms with Gasteiger partial charge in [0.05, 0.1) is 12.0 Å². The smallest absolute Gasteiger partial charge is 0.268 e. The monoisotopic (exact) mass is 264 g/mol. The zero-order valence-electron chi connectivity index (χ0n) is 9.64. The number of H-pyrrole nitrogens is 1. The van der Waals surface area contributed by atoms with E-state index in [1.807, 2.05) is 18.2 Å². The minimum atomic E-state index is -0.365. The molecular weight excluding hydrogens is 252 g/mol. The van der Waals surface area contributed by atoms with Crippen molar-refractivity contribution in [2.24, 2.45) is 0 Å². The van der Waals surface area contributed by atoms with Gasteiger partial charge < -0.3 is 16.2 Å². The lowest BCUT2D eigenvalue weighted by atomic mass is 10.3. The Labute approximate surface area is 107 Å². The molecule has 0 atom stereocenters. The largest absolute Gasteiger partial charge is 0.496 e. The van der Waals surface area contributed by atoms with Crippen LogP contribution in [0.25, 0.3) is 0 Å². The molecular formula is C11H12N4O2S. The molecule has 18 heavy (non-hydrogen) atoms. The Morgan fingerprint density at radius 1 is 1.33 bits per heavy atom. The second-order valence-electron chi connectivity index (χ2n) is 3.42. The Morgan fingerprint density at radius 2 is 2.06 bits per heavy atom. The van der Waals surface area contributed by atoms with Crippen LogP contribution in [-0.4, -0.2) is 17.1 Å². The van der Waals surface area contributed by atoms with Crippen LogP contribution in [0.4, 0.5) is 11.8 Å². The van der Waals surface area contributed by atoms with Crippen molar-refractivity contribution < 1.29 is 4.74 Å². The van der Waals surface area contributed by atoms with E-state index in [0.717, 1.165) is 4.90 Å². The van der Waals surface area contributed by atoms with Crippen molar-refractivity contribution in [1.82, 2.24) is 9.97 Å². The van der Waals surface area contributed by atoms with Gasteiger partial charge in [0.2, 0.25) is 5.95 Å². The average molecular weight is 264 g/mol. The number of para-hydroxylation sites is 1. The van der Waals surface area contributed by atoms with Crippen molar-refractivity contribution in [2.45, 2.75) is 9.79 Å². The minimum absolute atomic E-state index is 0.00174. The van der Waals surface area contributed by atoms with Gasteiger partial charge in [-0.05, 0) is 12.1 Å². The van der Waals surface area contributed by atoms with E-state index in [1.165, 1.54) is 11.8 Å². The number of nitrogens with zero attached hydrogens (tertiary/aromatic N) is 1. The summed E-state index contributed by atoms with van der Waals surface area (Å²) < 4.78 is 5.20. The fourth-order valence-corrected chi connectivity index (χ4v) is 2.32. The summed E-state index contributed by atoms with van der Waals surface area (Å²) in [5.74, 6) is 0.771. The van der Waals surface area contributed by atoms with E-state index < -0.39 is 0 Å². The predicted molar refractivity (Wildman–Crippen MR) is 70.8 cm³/mol. The van der Waals surface area contributed by atoms with Gasteiger partial charge in [-0.2, -0.15) is 4.98 Å². The molecule has 6 nitrogen and oxygen atoms in total. The van der Waals surface area contributed by atoms with E-state index in [4.69, 9.17) is 16.2 Å². The van der Waals surface area contributed by atoms with Gasteiger partial charge in [0.25, 0.3) is 5.56 Å². The molecule has 2 rings (SSSR count). The highest BCUT2D eigenvalue weighted by molar-refractivity contribution is 7.99. The topological polar surface area (TPSA) is 107 Å². The molecule has 0 aliphatic carbocycles. The Kier molecular flexibility index (Phi) is 3.42. The van der Waals surface area contributed by atoms with E-state index in [9.17, 15) is 4.79 Å². The highest BCUT2D eigenvalue weighted by atomic mass is 32.2. The Morgan fingerprint density at radius 3 is 2.72 bits per heavy atom. The summed E-state index contributed by atoms with van der Waals surface area (Å²) >= 11 is 1.19. The number of hydrogen-bond acceptors (Lipinski definition) is 6. The number of nitrogens with one attached hydrogen (secondary N) is 1. The highest BCUT2D eigenvalue weighted by Crippen LogP contribution is 2.34. The van der Waals surface area contributed by atoms with Crippen LogP contribution in [0.2, 0.25) is 0 Å². The molecule has 2 aromatic rings. The minimum Gasteiger partial charge on any atom is -0.496 e. The summed E-state index contributed by atoms with van der Waals surface area (Å²) in [6.07, 6.45) is 0. The first-order valence-corrected chi connectivity index (χ1v) is 5.89. The number of aromatic nitrogens is 2. The zero-order chi connectivity index (χ0) is 13.1. The molecule has 0 saturated carbocycles. The molecule has 0 amide bonds. The average Bonchev–Trinajstić information content (AvgIpc) is 2.34. The summed E-state index contributed by atoms with van der Waals surface area (Å²) in [4.78, 5) is 19.1. The summed E-state index contributed by atoms with van der Waals surface area (Å²) in [5.41, 5.74) is 10.7. The molecule has 1 aromatic heterocycles. The van der Waals surface area contributed by atoms with Gasteiger partial charge in [-0.3, -0.25) is 9.78 Å². The molecule has 1 heterocycles. The first kappa shape index (κ1) is 12.3. The van der Waals surface area contributed by atoms with Crippen molar-refractivity contribution in [3.05, 3.63) is 34.6 Å². The Bertz CT molecular complexity index is 627. The van der Waals surface area contributed by atoms with Crippen LogP contribution in [0.1, 0.15) is 0 Å². The quantitative estimate of drug-likeness (QED) is 0.766. The lowest BCUT2D eigenvalue weighted by Crippen LogP contribution is -2.15. The predicted octanol–water partition coefficient (Wildman–Crippen LogP) is 1.09. The number of anilines is 2. The highest BCUT2D eigenvalue weighted by Gasteiger charge is 2.12. The van der Waals surface area contributed by atoms with Crippen LogP contribution >= 0.6 is 11.8 Å². The van der Waals surface area contributed by atoms with E-state index in [1.54, 1.807) is 13.2 Å². The number of ether oxygens (including phenoxy) is 1. The number of benzene rings is 1. The van der Waals surface area contributed by atoms with Crippen molar-refractivity contribution in [3.63, 3.8) is 0 Å². The maximum atomic E-state index is 11.7. The summed E-state index contributed by atoms with van der Waals surface area (Å²) in [7, 11) is 1.56. The van der Waals surface area contributed by atoms with Crippen LogP contribution in [0.5, 0.6) is 5.75 Å². The standard InChI is InChI=1S/C11H12N4O2S/c1-17-6-4-2-3-5-7(6)18-8-9(12)14-11(13)15-10(8)16/h2-5H,1H3,(H5,12,13,14,15,16). The third-order valence-corrected chi connectivity index (χ3v) is 3.36. The van der Waals surface area contributed by atoms with Gasteiger partial charge in [-0.1, -0.05) is 23.9 Å². The van der Waals surface area contributed by atoms with Gasteiger partial charge >= 0.3 is 0 Å². The molecule has 0 aliphatic rings. The molecule has 0 fully saturated rings. The van der Waals surface area contributed by atoms with E-state index in [-0.39, 0.29) is 17.3 Å². The van der Waals surface area contributed by atoms with Crippen molar-refractivity contribution >= 4 is 23.5 Å². The number of nitrogen functional groups attached to an aromatic ring is 2. The number of hydrogen-bond donors (Lipinski definition) is 3. The SMILES string of the molecule is COc1ccccc1Sc1c(N)nc(N)[nH]c1=O. The number of nitrogens with two attached hydrogens (primary N) is 2. The van der Waals surface area contributed by atoms with E-state index in [2.05, 4.69) is 9.97 Å². The fraction of sp³-hybridized carbons (Fsp3) is 0.0909. The molecule has 0 unspecified atom stereocenters. The summed E-state index contributed by atoms with van der Waals surface area (Å²) in [5, 5.41) is 0. The number of aromatic amines is 1. The van der Waals surface area contributed by atoms with Gasteiger partial charge in [0.1, 0.15) is 16.5 Å². The van der Waals surface area contributed by atoms with Crippen molar-refractivity contribution in [3.8, 4) is 5.75 Å². The third-order valence-electron chi connectivity index (χ3n) is 2.20. The second-order valence-corrected chi connectivity index (χ2v) is 4.47. The van der Waals surface area contributed by atoms with Gasteiger partial charge in [0.15, 0.2) is 0 Å². The van der Waals surface area contributed by atoms with Crippen LogP contribution in [0, 0.1) is 0 Å². The van der Waals surface area contributed by atoms with Crippen LogP contribution < -0.4 is 21.8 Å². The Hall–Kier alpha value is -2.15. The zero-order valence-corrected chi connectivity index (χ0v) is 10.5. The molecule has 0 aliphatic heterocycles. The van der Waals surface area contributed by atoms with Gasteiger partial charge in [0, 0.05) is 0 Å². The fourth-order valence-electron chi connectivity index (χ4n) is 1.41. The van der Waals surface area contributed by atoms with Crippen molar-refractivity contribution in [2.75, 3.05) is 18.6 Å². The lowest BCUT2D eigenvalue weighted by molar-refractivity contribution is 0.405. The molecule has 0 bridgehead atoms. The first-order chi connectivity index (χ1) is 8.61. The van der Waals surface area contributed by atoms with Crippen LogP contribution in [-0.2, 0) is 0 Å². The van der Waals surface area contributed by atoms with E-state index in [0.29, 0.717) is 10.6 Å². The maximum absolute atomic E-state index is 11.7. The normalized spacial score (nSPS) is 10.3. The van der Waals surface area contributed by atoms with Crippen LogP contribution in [0.3, 0.4) is 0 Å². The molecule has 7 heteroatoms.